The standard InChI is InChI=1S/C31H28F3N3O2/c32-31(33,34)29-36-16-17-37(29)25-12-13-27(38-20-22-8-3-1-4-9-22)26(18-25)24-19-30(39-21-24)14-7-15-35-28(30)23-10-5-2-6-11-23/h1-6,8-13,16-19,28,35H,7,14-15,20-21H2/t28-,30+/m0/s1. The van der Waals surface area contributed by atoms with Gasteiger partial charge in [0.05, 0.1) is 12.6 Å². The average molecular weight is 532 g/mol. The van der Waals surface area contributed by atoms with E-state index >= 15 is 0 Å². The van der Waals surface area contributed by atoms with Crippen molar-refractivity contribution in [3.05, 3.63) is 120 Å². The number of nitrogens with one attached hydrogen (secondary N) is 1. The van der Waals surface area contributed by atoms with Crippen LogP contribution < -0.4 is 10.1 Å². The Hall–Kier alpha value is -3.88. The molecule has 0 aliphatic carbocycles. The van der Waals surface area contributed by atoms with Gasteiger partial charge in [-0.25, -0.2) is 4.98 Å². The Bertz CT molecular complexity index is 1470. The SMILES string of the molecule is FC(F)(F)c1nccn1-c1ccc(OCc2ccccc2)c(C2=C[C@@]3(CCCN[C@H]3c3ccccc3)OC2)c1. The Balaban J connectivity index is 1.41. The van der Waals surface area contributed by atoms with Crippen molar-refractivity contribution in [3.8, 4) is 11.4 Å². The second kappa shape index (κ2) is 10.4. The van der Waals surface area contributed by atoms with E-state index in [-0.39, 0.29) is 6.04 Å². The first kappa shape index (κ1) is 25.4. The number of ether oxygens (including phenoxy) is 2. The molecule has 0 amide bonds. The maximum atomic E-state index is 13.7. The molecule has 1 spiro atoms. The lowest BCUT2D eigenvalue weighted by Crippen LogP contribution is -2.47. The van der Waals surface area contributed by atoms with Gasteiger partial charge in [-0.1, -0.05) is 60.7 Å². The molecular formula is C31H28F3N3O2. The van der Waals surface area contributed by atoms with E-state index in [1.807, 2.05) is 48.5 Å². The molecular weight excluding hydrogens is 503 g/mol. The molecule has 2 atom stereocenters. The van der Waals surface area contributed by atoms with E-state index < -0.39 is 17.6 Å². The number of benzene rings is 3. The fraction of sp³-hybridized carbons (Fsp3) is 0.258. The monoisotopic (exact) mass is 531 g/mol. The van der Waals surface area contributed by atoms with E-state index in [2.05, 4.69) is 28.5 Å². The van der Waals surface area contributed by atoms with E-state index in [0.29, 0.717) is 30.2 Å². The number of rotatable bonds is 6. The Labute approximate surface area is 224 Å². The Morgan fingerprint density at radius 1 is 1.03 bits per heavy atom. The predicted molar refractivity (Wildman–Crippen MR) is 142 cm³/mol. The van der Waals surface area contributed by atoms with Crippen molar-refractivity contribution in [1.29, 1.82) is 0 Å². The maximum absolute atomic E-state index is 13.7. The second-order valence-electron chi connectivity index (χ2n) is 9.89. The quantitative estimate of drug-likeness (QED) is 0.299. The highest BCUT2D eigenvalue weighted by Crippen LogP contribution is 2.45. The molecule has 8 heteroatoms. The van der Waals surface area contributed by atoms with Crippen molar-refractivity contribution in [1.82, 2.24) is 14.9 Å². The summed E-state index contributed by atoms with van der Waals surface area (Å²) >= 11 is 0. The number of imidazole rings is 1. The zero-order chi connectivity index (χ0) is 26.9. The summed E-state index contributed by atoms with van der Waals surface area (Å²) in [5.74, 6) is -0.386. The third-order valence-electron chi connectivity index (χ3n) is 7.35. The predicted octanol–water partition coefficient (Wildman–Crippen LogP) is 6.75. The third kappa shape index (κ3) is 5.10. The van der Waals surface area contributed by atoms with Gasteiger partial charge in [-0.05, 0) is 60.4 Å². The number of aromatic nitrogens is 2. The molecule has 6 rings (SSSR count). The fourth-order valence-corrected chi connectivity index (χ4v) is 5.53. The molecule has 0 saturated carbocycles. The molecule has 0 bridgehead atoms. The van der Waals surface area contributed by atoms with E-state index in [9.17, 15) is 13.2 Å². The topological polar surface area (TPSA) is 48.3 Å². The largest absolute Gasteiger partial charge is 0.488 e. The molecule has 2 aliphatic heterocycles. The highest BCUT2D eigenvalue weighted by Gasteiger charge is 2.45. The minimum absolute atomic E-state index is 0.0349. The minimum atomic E-state index is -4.58. The molecule has 0 unspecified atom stereocenters. The summed E-state index contributed by atoms with van der Waals surface area (Å²) in [6.45, 7) is 1.54. The first-order valence-electron chi connectivity index (χ1n) is 13.0. The molecule has 2 aliphatic rings. The van der Waals surface area contributed by atoms with E-state index in [0.717, 1.165) is 46.9 Å². The van der Waals surface area contributed by atoms with Crippen LogP contribution in [0, 0.1) is 0 Å². The van der Waals surface area contributed by atoms with Crippen LogP contribution in [0.1, 0.15) is 41.4 Å². The molecule has 1 N–H and O–H groups in total. The molecule has 0 radical (unpaired) electrons. The Morgan fingerprint density at radius 3 is 2.56 bits per heavy atom. The van der Waals surface area contributed by atoms with Gasteiger partial charge in [-0.2, -0.15) is 13.2 Å². The molecule has 1 fully saturated rings. The molecule has 5 nitrogen and oxygen atoms in total. The van der Waals surface area contributed by atoms with Crippen LogP contribution in [0.25, 0.3) is 11.3 Å². The second-order valence-corrected chi connectivity index (χ2v) is 9.89. The normalized spacial score (nSPS) is 21.2. The zero-order valence-corrected chi connectivity index (χ0v) is 21.2. The molecule has 4 aromatic rings. The fourth-order valence-electron chi connectivity index (χ4n) is 5.53. The number of halogens is 3. The van der Waals surface area contributed by atoms with Crippen molar-refractivity contribution in [2.45, 2.75) is 37.3 Å². The molecule has 1 saturated heterocycles. The van der Waals surface area contributed by atoms with Crippen LogP contribution in [-0.4, -0.2) is 28.3 Å². The molecule has 200 valence electrons. The van der Waals surface area contributed by atoms with Crippen LogP contribution in [0.15, 0.2) is 97.3 Å². The van der Waals surface area contributed by atoms with Crippen LogP contribution in [-0.2, 0) is 17.5 Å². The van der Waals surface area contributed by atoms with Crippen LogP contribution in [0.4, 0.5) is 13.2 Å². The smallest absolute Gasteiger partial charge is 0.450 e. The maximum Gasteiger partial charge on any atom is 0.450 e. The molecule has 3 heterocycles. The van der Waals surface area contributed by atoms with Crippen LogP contribution >= 0.6 is 0 Å². The zero-order valence-electron chi connectivity index (χ0n) is 21.2. The van der Waals surface area contributed by atoms with Gasteiger partial charge < -0.3 is 14.8 Å². The number of hydrogen-bond donors (Lipinski definition) is 1. The van der Waals surface area contributed by atoms with Gasteiger partial charge in [0.15, 0.2) is 0 Å². The Morgan fingerprint density at radius 2 is 1.79 bits per heavy atom. The van der Waals surface area contributed by atoms with E-state index in [1.165, 1.54) is 6.20 Å². The highest BCUT2D eigenvalue weighted by molar-refractivity contribution is 5.75. The van der Waals surface area contributed by atoms with Gasteiger partial charge in [0.2, 0.25) is 5.82 Å². The average Bonchev–Trinajstić information content (AvgIpc) is 3.62. The van der Waals surface area contributed by atoms with E-state index in [4.69, 9.17) is 9.47 Å². The van der Waals surface area contributed by atoms with Crippen molar-refractivity contribution in [2.24, 2.45) is 0 Å². The van der Waals surface area contributed by atoms with Gasteiger partial charge in [0, 0.05) is 23.6 Å². The van der Waals surface area contributed by atoms with Gasteiger partial charge in [0.1, 0.15) is 18.0 Å². The molecule has 39 heavy (non-hydrogen) atoms. The lowest BCUT2D eigenvalue weighted by atomic mass is 9.81. The van der Waals surface area contributed by atoms with Crippen LogP contribution in [0.3, 0.4) is 0 Å². The van der Waals surface area contributed by atoms with Gasteiger partial charge in [0.25, 0.3) is 0 Å². The first-order chi connectivity index (χ1) is 18.9. The molecule has 3 aromatic carbocycles. The summed E-state index contributed by atoms with van der Waals surface area (Å²) in [5, 5.41) is 3.62. The van der Waals surface area contributed by atoms with Crippen molar-refractivity contribution < 1.29 is 22.6 Å². The summed E-state index contributed by atoms with van der Waals surface area (Å²) in [7, 11) is 0. The van der Waals surface area contributed by atoms with Crippen molar-refractivity contribution >= 4 is 5.57 Å². The summed E-state index contributed by atoms with van der Waals surface area (Å²) in [6.07, 6.45) is 1.83. The van der Waals surface area contributed by atoms with Crippen molar-refractivity contribution in [2.75, 3.05) is 13.2 Å². The number of nitrogens with zero attached hydrogens (tertiary/aromatic N) is 2. The number of hydrogen-bond acceptors (Lipinski definition) is 4. The van der Waals surface area contributed by atoms with Crippen LogP contribution in [0.5, 0.6) is 5.75 Å². The minimum Gasteiger partial charge on any atom is -0.488 e. The summed E-state index contributed by atoms with van der Waals surface area (Å²) in [5.41, 5.74) is 3.52. The van der Waals surface area contributed by atoms with Gasteiger partial charge in [-0.15, -0.1) is 0 Å². The first-order valence-corrected chi connectivity index (χ1v) is 13.0. The number of alkyl halides is 3. The van der Waals surface area contributed by atoms with E-state index in [1.54, 1.807) is 18.2 Å². The summed E-state index contributed by atoms with van der Waals surface area (Å²) in [6, 6.07) is 25.0. The lowest BCUT2D eigenvalue weighted by Gasteiger charge is -2.40. The summed E-state index contributed by atoms with van der Waals surface area (Å²) in [4.78, 5) is 3.56. The summed E-state index contributed by atoms with van der Waals surface area (Å²) < 4.78 is 54.8. The Kier molecular flexibility index (Phi) is 6.74. The highest BCUT2D eigenvalue weighted by atomic mass is 19.4. The van der Waals surface area contributed by atoms with Gasteiger partial charge in [-0.3, -0.25) is 4.57 Å². The van der Waals surface area contributed by atoms with Crippen molar-refractivity contribution in [3.63, 3.8) is 0 Å². The third-order valence-corrected chi connectivity index (χ3v) is 7.35. The lowest BCUT2D eigenvalue weighted by molar-refractivity contribution is -0.145. The number of piperidine rings is 1. The van der Waals surface area contributed by atoms with Crippen LogP contribution in [0.2, 0.25) is 0 Å². The molecule has 1 aromatic heterocycles. The van der Waals surface area contributed by atoms with Gasteiger partial charge >= 0.3 is 6.18 Å².